The van der Waals surface area contributed by atoms with Crippen molar-refractivity contribution in [3.05, 3.63) is 59.7 Å². The third kappa shape index (κ3) is 4.65. The number of para-hydroxylation sites is 1. The number of hydrogen-bond donors (Lipinski definition) is 2. The molecule has 1 atom stereocenters. The molecule has 11 heteroatoms. The number of amides is 3. The molecule has 1 aromatic carbocycles. The first kappa shape index (κ1) is 25.5. The molecule has 0 spiro atoms. The van der Waals surface area contributed by atoms with Crippen molar-refractivity contribution in [2.45, 2.75) is 19.8 Å². The van der Waals surface area contributed by atoms with Gasteiger partial charge in [-0.3, -0.25) is 10.1 Å². The number of hydrogen-bond acceptors (Lipinski definition) is 8. The predicted molar refractivity (Wildman–Crippen MR) is 140 cm³/mol. The number of carbonyl (C=O) groups is 2. The minimum Gasteiger partial charge on any atom is -0.435 e. The Morgan fingerprint density at radius 1 is 1.05 bits per heavy atom. The van der Waals surface area contributed by atoms with E-state index in [1.165, 1.54) is 13.1 Å². The van der Waals surface area contributed by atoms with Gasteiger partial charge >= 0.3 is 6.03 Å². The van der Waals surface area contributed by atoms with E-state index in [1.807, 2.05) is 6.07 Å². The number of carbonyl (C=O) groups excluding carboxylic acids is 2. The van der Waals surface area contributed by atoms with Gasteiger partial charge in [0.2, 0.25) is 17.7 Å². The van der Waals surface area contributed by atoms with E-state index >= 15 is 0 Å². The highest BCUT2D eigenvalue weighted by atomic mass is 19.1. The predicted octanol–water partition coefficient (Wildman–Crippen LogP) is 3.15. The molecule has 0 radical (unpaired) electrons. The minimum atomic E-state index is -1.15. The third-order valence-electron chi connectivity index (χ3n) is 7.19. The number of urea groups is 1. The number of aromatic nitrogens is 3. The second-order valence-corrected chi connectivity index (χ2v) is 10.1. The van der Waals surface area contributed by atoms with Crippen LogP contribution in [0.3, 0.4) is 0 Å². The van der Waals surface area contributed by atoms with Gasteiger partial charge in [-0.05, 0) is 19.2 Å². The molecule has 1 fully saturated rings. The molecule has 5 rings (SSSR count). The zero-order chi connectivity index (χ0) is 27.0. The van der Waals surface area contributed by atoms with E-state index < -0.39 is 29.1 Å². The van der Waals surface area contributed by atoms with Gasteiger partial charge in [0.25, 0.3) is 0 Å². The van der Waals surface area contributed by atoms with Crippen LogP contribution in [0.15, 0.2) is 42.7 Å². The smallest absolute Gasteiger partial charge is 0.321 e. The first-order valence-electron chi connectivity index (χ1n) is 12.5. The van der Waals surface area contributed by atoms with Crippen molar-refractivity contribution in [2.24, 2.45) is 5.41 Å². The summed E-state index contributed by atoms with van der Waals surface area (Å²) in [7, 11) is 3.52. The molecule has 198 valence electrons. The molecule has 38 heavy (non-hydrogen) atoms. The van der Waals surface area contributed by atoms with Crippen molar-refractivity contribution in [3.63, 3.8) is 0 Å². The van der Waals surface area contributed by atoms with E-state index in [2.05, 4.69) is 42.4 Å². The van der Waals surface area contributed by atoms with E-state index in [9.17, 15) is 14.0 Å². The van der Waals surface area contributed by atoms with Gasteiger partial charge in [0.1, 0.15) is 0 Å². The molecule has 2 aliphatic heterocycles. The fourth-order valence-electron chi connectivity index (χ4n) is 4.90. The van der Waals surface area contributed by atoms with E-state index in [-0.39, 0.29) is 11.6 Å². The monoisotopic (exact) mass is 519 g/mol. The number of nitrogens with one attached hydrogen (secondary N) is 2. The van der Waals surface area contributed by atoms with Crippen LogP contribution in [0.2, 0.25) is 0 Å². The molecule has 3 amide bonds. The van der Waals surface area contributed by atoms with Gasteiger partial charge in [0.15, 0.2) is 11.6 Å². The Balaban J connectivity index is 1.50. The van der Waals surface area contributed by atoms with Crippen LogP contribution in [0.25, 0.3) is 11.3 Å². The minimum absolute atomic E-state index is 0.0112. The first-order chi connectivity index (χ1) is 18.2. The van der Waals surface area contributed by atoms with Gasteiger partial charge in [-0.25, -0.2) is 24.1 Å². The lowest BCUT2D eigenvalue weighted by Crippen LogP contribution is -2.47. The van der Waals surface area contributed by atoms with Crippen LogP contribution in [0.4, 0.5) is 15.1 Å². The molecular weight excluding hydrogens is 489 g/mol. The van der Waals surface area contributed by atoms with E-state index in [0.29, 0.717) is 28.3 Å². The fraction of sp³-hybridized carbons (Fsp3) is 0.370. The largest absolute Gasteiger partial charge is 0.435 e. The summed E-state index contributed by atoms with van der Waals surface area (Å²) < 4.78 is 20.9. The SMILES string of the molecule is CNC(=O)NC(=O)C(C)(C)[C@@H]1c2ccc(-c3cnc(N4CCN(C)CC4)nc3)nc2Oc2c(F)cccc21. The highest BCUT2D eigenvalue weighted by molar-refractivity contribution is 5.97. The van der Waals surface area contributed by atoms with Gasteiger partial charge in [0, 0.05) is 68.2 Å². The van der Waals surface area contributed by atoms with Crippen LogP contribution < -0.4 is 20.3 Å². The maximum absolute atomic E-state index is 14.9. The van der Waals surface area contributed by atoms with Gasteiger partial charge in [-0.15, -0.1) is 0 Å². The van der Waals surface area contributed by atoms with Crippen molar-refractivity contribution in [1.82, 2.24) is 30.5 Å². The third-order valence-corrected chi connectivity index (χ3v) is 7.19. The summed E-state index contributed by atoms with van der Waals surface area (Å²) >= 11 is 0. The topological polar surface area (TPSA) is 113 Å². The number of nitrogens with zero attached hydrogens (tertiary/aromatic N) is 5. The first-order valence-corrected chi connectivity index (χ1v) is 12.5. The molecule has 0 saturated carbocycles. The number of imide groups is 1. The van der Waals surface area contributed by atoms with Gasteiger partial charge in [-0.1, -0.05) is 32.0 Å². The van der Waals surface area contributed by atoms with Crippen molar-refractivity contribution in [3.8, 4) is 22.9 Å². The number of benzene rings is 1. The summed E-state index contributed by atoms with van der Waals surface area (Å²) in [5.74, 6) is -0.837. The summed E-state index contributed by atoms with van der Waals surface area (Å²) in [6, 6.07) is 7.60. The summed E-state index contributed by atoms with van der Waals surface area (Å²) in [6.07, 6.45) is 3.43. The molecule has 10 nitrogen and oxygen atoms in total. The average molecular weight is 520 g/mol. The highest BCUT2D eigenvalue weighted by Crippen LogP contribution is 2.52. The molecule has 1 saturated heterocycles. The molecule has 3 aromatic rings. The van der Waals surface area contributed by atoms with Crippen LogP contribution in [-0.2, 0) is 4.79 Å². The van der Waals surface area contributed by atoms with Gasteiger partial charge in [0.05, 0.1) is 11.1 Å². The molecular formula is C27H30FN7O3. The lowest BCUT2D eigenvalue weighted by atomic mass is 9.69. The number of halogens is 1. The van der Waals surface area contributed by atoms with Crippen LogP contribution in [0, 0.1) is 11.2 Å². The van der Waals surface area contributed by atoms with Crippen molar-refractivity contribution in [2.75, 3.05) is 45.2 Å². The molecule has 2 aromatic heterocycles. The van der Waals surface area contributed by atoms with Crippen LogP contribution in [0.1, 0.15) is 30.9 Å². The van der Waals surface area contributed by atoms with Crippen LogP contribution in [-0.4, -0.2) is 72.1 Å². The zero-order valence-corrected chi connectivity index (χ0v) is 21.8. The van der Waals surface area contributed by atoms with Crippen LogP contribution in [0.5, 0.6) is 11.6 Å². The number of rotatable bonds is 4. The second kappa shape index (κ2) is 9.97. The number of fused-ring (bicyclic) bond motifs is 2. The Hall–Kier alpha value is -4.12. The zero-order valence-electron chi connectivity index (χ0n) is 21.8. The number of pyridine rings is 1. The Labute approximate surface area is 220 Å². The summed E-state index contributed by atoms with van der Waals surface area (Å²) in [5.41, 5.74) is 1.20. The van der Waals surface area contributed by atoms with Crippen molar-refractivity contribution >= 4 is 17.9 Å². The molecule has 2 N–H and O–H groups in total. The molecule has 0 unspecified atom stereocenters. The van der Waals surface area contributed by atoms with Crippen molar-refractivity contribution < 1.29 is 18.7 Å². The Morgan fingerprint density at radius 3 is 2.45 bits per heavy atom. The summed E-state index contributed by atoms with van der Waals surface area (Å²) in [4.78, 5) is 43.2. The molecule has 2 aliphatic rings. The number of likely N-dealkylation sites (N-methyl/N-ethyl adjacent to an activating group) is 1. The van der Waals surface area contributed by atoms with E-state index in [1.54, 1.807) is 44.4 Å². The van der Waals surface area contributed by atoms with Gasteiger partial charge in [-0.2, -0.15) is 0 Å². The van der Waals surface area contributed by atoms with Crippen molar-refractivity contribution in [1.29, 1.82) is 0 Å². The maximum Gasteiger partial charge on any atom is 0.321 e. The number of piperazine rings is 1. The maximum atomic E-state index is 14.9. The number of anilines is 1. The Bertz CT molecular complexity index is 1370. The average Bonchev–Trinajstić information content (AvgIpc) is 2.92. The highest BCUT2D eigenvalue weighted by Gasteiger charge is 2.45. The fourth-order valence-corrected chi connectivity index (χ4v) is 4.90. The Morgan fingerprint density at radius 2 is 1.76 bits per heavy atom. The normalized spacial score (nSPS) is 17.2. The lowest BCUT2D eigenvalue weighted by molar-refractivity contribution is -0.128. The van der Waals surface area contributed by atoms with Gasteiger partial charge < -0.3 is 19.9 Å². The summed E-state index contributed by atoms with van der Waals surface area (Å²) in [6.45, 7) is 7.03. The molecule has 0 bridgehead atoms. The summed E-state index contributed by atoms with van der Waals surface area (Å²) in [5, 5.41) is 4.73. The second-order valence-electron chi connectivity index (χ2n) is 10.1. The Kier molecular flexibility index (Phi) is 6.70. The quantitative estimate of drug-likeness (QED) is 0.541. The van der Waals surface area contributed by atoms with Crippen LogP contribution >= 0.6 is 0 Å². The lowest BCUT2D eigenvalue weighted by Gasteiger charge is -2.37. The molecule has 4 heterocycles. The molecule has 0 aliphatic carbocycles. The standard InChI is InChI=1S/C27H30FN7O3/c1-27(2,24(36)33-26(37)29-3)21-17-6-5-7-19(28)22(17)38-23-18(21)8-9-20(32-23)16-14-30-25(31-15-16)35-12-10-34(4)11-13-35/h5-9,14-15,21H,10-13H2,1-4H3,(H2,29,33,36,37)/t21-/m0/s1. The number of ether oxygens (including phenoxy) is 1. The van der Waals surface area contributed by atoms with E-state index in [4.69, 9.17) is 4.74 Å². The van der Waals surface area contributed by atoms with E-state index in [0.717, 1.165) is 26.2 Å².